The Morgan fingerprint density at radius 2 is 1.91 bits per heavy atom. The van der Waals surface area contributed by atoms with E-state index in [1.807, 2.05) is 0 Å². The summed E-state index contributed by atoms with van der Waals surface area (Å²) >= 11 is 5.86. The van der Waals surface area contributed by atoms with Crippen LogP contribution in [0.1, 0.15) is 33.6 Å². The van der Waals surface area contributed by atoms with Crippen molar-refractivity contribution >= 4 is 46.8 Å². The summed E-state index contributed by atoms with van der Waals surface area (Å²) in [6.07, 6.45) is 0.0532. The summed E-state index contributed by atoms with van der Waals surface area (Å²) in [5.74, 6) is -3.81. The summed E-state index contributed by atoms with van der Waals surface area (Å²) < 4.78 is 19.1. The number of hydrogen-bond donors (Lipinski definition) is 2. The highest BCUT2D eigenvalue weighted by Crippen LogP contribution is 2.30. The van der Waals surface area contributed by atoms with E-state index in [2.05, 4.69) is 10.6 Å². The summed E-state index contributed by atoms with van der Waals surface area (Å²) in [4.78, 5) is 61.8. The number of carbonyl (C=O) groups excluding carboxylic acids is 5. The number of nitrogens with one attached hydrogen (secondary N) is 2. The molecule has 1 saturated heterocycles. The van der Waals surface area contributed by atoms with Gasteiger partial charge in [0.25, 0.3) is 17.7 Å². The van der Waals surface area contributed by atoms with Crippen molar-refractivity contribution in [1.82, 2.24) is 10.2 Å². The lowest BCUT2D eigenvalue weighted by atomic mass is 10.0. The molecule has 0 spiro atoms. The van der Waals surface area contributed by atoms with Gasteiger partial charge in [0.05, 0.1) is 21.8 Å². The number of anilines is 1. The number of rotatable bonds is 5. The number of nitrogens with zero attached hydrogens (tertiary/aromatic N) is 1. The Morgan fingerprint density at radius 1 is 1.16 bits per heavy atom. The molecule has 9 nitrogen and oxygen atoms in total. The Morgan fingerprint density at radius 3 is 2.62 bits per heavy atom. The molecule has 0 aromatic heterocycles. The van der Waals surface area contributed by atoms with E-state index in [9.17, 15) is 28.4 Å². The molecule has 1 unspecified atom stereocenters. The molecule has 1 atom stereocenters. The average molecular weight is 460 g/mol. The number of benzene rings is 2. The van der Waals surface area contributed by atoms with E-state index in [1.54, 1.807) is 0 Å². The molecule has 0 aliphatic carbocycles. The minimum absolute atomic E-state index is 0.00903. The van der Waals surface area contributed by atoms with Crippen LogP contribution in [0.25, 0.3) is 0 Å². The van der Waals surface area contributed by atoms with Crippen LogP contribution in [-0.2, 0) is 14.4 Å². The molecule has 5 amide bonds. The Kier molecular flexibility index (Phi) is 5.62. The zero-order valence-electron chi connectivity index (χ0n) is 16.3. The third-order valence-corrected chi connectivity index (χ3v) is 5.32. The maximum Gasteiger partial charge on any atom is 0.262 e. The van der Waals surface area contributed by atoms with Gasteiger partial charge in [-0.3, -0.25) is 34.2 Å². The highest BCUT2D eigenvalue weighted by molar-refractivity contribution is 6.33. The van der Waals surface area contributed by atoms with E-state index in [0.29, 0.717) is 0 Å². The molecule has 32 heavy (non-hydrogen) atoms. The van der Waals surface area contributed by atoms with Gasteiger partial charge in [-0.1, -0.05) is 17.7 Å². The fraction of sp³-hybridized carbons (Fsp3) is 0.190. The second kappa shape index (κ2) is 8.39. The molecule has 164 valence electrons. The monoisotopic (exact) mass is 459 g/mol. The predicted molar refractivity (Wildman–Crippen MR) is 109 cm³/mol. The van der Waals surface area contributed by atoms with Gasteiger partial charge in [0.15, 0.2) is 6.61 Å². The first kappa shape index (κ1) is 21.4. The van der Waals surface area contributed by atoms with Crippen LogP contribution in [0.3, 0.4) is 0 Å². The Balaban J connectivity index is 1.45. The molecule has 2 N–H and O–H groups in total. The Bertz CT molecular complexity index is 1160. The molecular weight excluding hydrogens is 445 g/mol. The zero-order valence-corrected chi connectivity index (χ0v) is 17.1. The number of amides is 5. The molecule has 11 heteroatoms. The average Bonchev–Trinajstić information content (AvgIpc) is 2.99. The maximum absolute atomic E-state index is 13.8. The lowest BCUT2D eigenvalue weighted by molar-refractivity contribution is -0.136. The van der Waals surface area contributed by atoms with E-state index in [-0.39, 0.29) is 40.4 Å². The number of piperidine rings is 1. The van der Waals surface area contributed by atoms with Gasteiger partial charge in [-0.05, 0) is 36.8 Å². The summed E-state index contributed by atoms with van der Waals surface area (Å²) in [6, 6.07) is 6.89. The number of ether oxygens (including phenoxy) is 1. The van der Waals surface area contributed by atoms with Crippen LogP contribution < -0.4 is 15.4 Å². The normalized spacial score (nSPS) is 17.8. The molecule has 2 heterocycles. The van der Waals surface area contributed by atoms with Crippen molar-refractivity contribution in [1.29, 1.82) is 0 Å². The van der Waals surface area contributed by atoms with Gasteiger partial charge in [0.2, 0.25) is 11.8 Å². The van der Waals surface area contributed by atoms with E-state index >= 15 is 0 Å². The first-order valence-corrected chi connectivity index (χ1v) is 9.86. The molecule has 2 aliphatic rings. The summed E-state index contributed by atoms with van der Waals surface area (Å²) in [5.41, 5.74) is -0.0956. The highest BCUT2D eigenvalue weighted by Gasteiger charge is 2.44. The third kappa shape index (κ3) is 3.92. The van der Waals surface area contributed by atoms with E-state index < -0.39 is 48.0 Å². The standard InChI is InChI=1S/C21H15ClFN3O6/c22-13-2-1-3-14(23)18(13)24-17(28)9-32-10-4-5-11-12(8-10)21(31)26(20(11)30)15-6-7-16(27)25-19(15)29/h1-5,8,15H,6-7,9H2,(H,24,28)(H,25,27,29). The van der Waals surface area contributed by atoms with E-state index in [4.69, 9.17) is 16.3 Å². The van der Waals surface area contributed by atoms with Gasteiger partial charge < -0.3 is 10.1 Å². The van der Waals surface area contributed by atoms with Crippen molar-refractivity contribution in [2.45, 2.75) is 18.9 Å². The van der Waals surface area contributed by atoms with E-state index in [1.165, 1.54) is 30.3 Å². The highest BCUT2D eigenvalue weighted by atomic mass is 35.5. The maximum atomic E-state index is 13.8. The number of para-hydroxylation sites is 1. The molecule has 0 bridgehead atoms. The van der Waals surface area contributed by atoms with E-state index in [0.717, 1.165) is 11.0 Å². The first-order valence-electron chi connectivity index (χ1n) is 9.48. The fourth-order valence-corrected chi connectivity index (χ4v) is 3.69. The smallest absolute Gasteiger partial charge is 0.262 e. The molecule has 2 aromatic rings. The number of imide groups is 2. The number of halogens is 2. The Labute approximate surface area is 185 Å². The van der Waals surface area contributed by atoms with Gasteiger partial charge in [0, 0.05) is 6.42 Å². The van der Waals surface area contributed by atoms with Crippen LogP contribution in [0.15, 0.2) is 36.4 Å². The minimum Gasteiger partial charge on any atom is -0.484 e. The van der Waals surface area contributed by atoms with Crippen LogP contribution in [0.2, 0.25) is 5.02 Å². The van der Waals surface area contributed by atoms with Crippen LogP contribution in [0, 0.1) is 5.82 Å². The molecule has 2 aliphatic heterocycles. The molecule has 2 aromatic carbocycles. The van der Waals surface area contributed by atoms with Crippen molar-refractivity contribution in [2.24, 2.45) is 0 Å². The lowest BCUT2D eigenvalue weighted by Gasteiger charge is -2.27. The van der Waals surface area contributed by atoms with Gasteiger partial charge in [-0.2, -0.15) is 0 Å². The summed E-state index contributed by atoms with van der Waals surface area (Å²) in [7, 11) is 0. The van der Waals surface area contributed by atoms with Crippen molar-refractivity contribution in [3.63, 3.8) is 0 Å². The molecule has 0 saturated carbocycles. The first-order chi connectivity index (χ1) is 15.3. The minimum atomic E-state index is -1.08. The van der Waals surface area contributed by atoms with Crippen LogP contribution in [0.5, 0.6) is 5.75 Å². The zero-order chi connectivity index (χ0) is 23.0. The van der Waals surface area contributed by atoms with Crippen molar-refractivity contribution < 1.29 is 33.1 Å². The van der Waals surface area contributed by atoms with Crippen LogP contribution >= 0.6 is 11.6 Å². The largest absolute Gasteiger partial charge is 0.484 e. The molecule has 1 fully saturated rings. The van der Waals surface area contributed by atoms with Crippen molar-refractivity contribution in [3.8, 4) is 5.75 Å². The fourth-order valence-electron chi connectivity index (χ4n) is 3.48. The molecular formula is C21H15ClFN3O6. The van der Waals surface area contributed by atoms with Crippen LogP contribution in [-0.4, -0.2) is 47.1 Å². The third-order valence-electron chi connectivity index (χ3n) is 5.01. The van der Waals surface area contributed by atoms with Gasteiger partial charge in [0.1, 0.15) is 17.6 Å². The van der Waals surface area contributed by atoms with Gasteiger partial charge in [-0.25, -0.2) is 4.39 Å². The quantitative estimate of drug-likeness (QED) is 0.658. The van der Waals surface area contributed by atoms with Gasteiger partial charge in [-0.15, -0.1) is 0 Å². The summed E-state index contributed by atoms with van der Waals surface area (Å²) in [6.45, 7) is -0.511. The Hall–Kier alpha value is -3.79. The number of carbonyl (C=O) groups is 5. The molecule has 4 rings (SSSR count). The van der Waals surface area contributed by atoms with Gasteiger partial charge >= 0.3 is 0 Å². The second-order valence-corrected chi connectivity index (χ2v) is 7.50. The van der Waals surface area contributed by atoms with Crippen LogP contribution in [0.4, 0.5) is 10.1 Å². The molecule has 0 radical (unpaired) electrons. The van der Waals surface area contributed by atoms with Crippen molar-refractivity contribution in [3.05, 3.63) is 58.4 Å². The lowest BCUT2D eigenvalue weighted by Crippen LogP contribution is -2.54. The number of fused-ring (bicyclic) bond motifs is 1. The topological polar surface area (TPSA) is 122 Å². The predicted octanol–water partition coefficient (Wildman–Crippen LogP) is 1.90. The second-order valence-electron chi connectivity index (χ2n) is 7.09. The number of hydrogen-bond acceptors (Lipinski definition) is 6. The SMILES string of the molecule is O=C1CCC(N2C(=O)c3ccc(OCC(=O)Nc4c(F)cccc4Cl)cc3C2=O)C(=O)N1. The van der Waals surface area contributed by atoms with Crippen molar-refractivity contribution in [2.75, 3.05) is 11.9 Å². The summed E-state index contributed by atoms with van der Waals surface area (Å²) in [5, 5.41) is 4.44.